The number of hydrogen-bond acceptors (Lipinski definition) is 5. The van der Waals surface area contributed by atoms with Crippen molar-refractivity contribution in [2.75, 3.05) is 23.8 Å². The molecule has 8 nitrogen and oxygen atoms in total. The number of amides is 2. The van der Waals surface area contributed by atoms with Gasteiger partial charge in [-0.1, -0.05) is 15.9 Å². The first-order valence-corrected chi connectivity index (χ1v) is 8.33. The largest absolute Gasteiger partial charge is 0.366 e. The molecule has 0 bridgehead atoms. The van der Waals surface area contributed by atoms with Crippen LogP contribution in [0.1, 0.15) is 15.9 Å². The maximum atomic E-state index is 12.3. The Bertz CT molecular complexity index is 885. The molecule has 0 unspecified atom stereocenters. The monoisotopic (exact) mass is 420 g/mol. The van der Waals surface area contributed by atoms with Gasteiger partial charge >= 0.3 is 0 Å². The second kappa shape index (κ2) is 7.96. The van der Waals surface area contributed by atoms with Crippen LogP contribution in [-0.2, 0) is 4.79 Å². The van der Waals surface area contributed by atoms with Crippen LogP contribution in [0.25, 0.3) is 0 Å². The lowest BCUT2D eigenvalue weighted by molar-refractivity contribution is -0.384. The zero-order valence-corrected chi connectivity index (χ0v) is 15.7. The van der Waals surface area contributed by atoms with Crippen molar-refractivity contribution >= 4 is 44.8 Å². The summed E-state index contributed by atoms with van der Waals surface area (Å²) in [4.78, 5) is 35.6. The van der Waals surface area contributed by atoms with Gasteiger partial charge in [-0.05, 0) is 42.8 Å². The molecule has 0 aromatic heterocycles. The van der Waals surface area contributed by atoms with E-state index < -0.39 is 10.8 Å². The number of nitrogens with two attached hydrogens (primary N) is 1. The number of primary amides is 1. The predicted octanol–water partition coefficient (Wildman–Crippen LogP) is 2.84. The van der Waals surface area contributed by atoms with Gasteiger partial charge in [0.2, 0.25) is 11.8 Å². The Kier molecular flexibility index (Phi) is 5.93. The molecule has 0 atom stereocenters. The van der Waals surface area contributed by atoms with E-state index in [1.807, 2.05) is 13.0 Å². The number of halogens is 1. The Morgan fingerprint density at radius 1 is 1.27 bits per heavy atom. The van der Waals surface area contributed by atoms with E-state index in [4.69, 9.17) is 5.73 Å². The summed E-state index contributed by atoms with van der Waals surface area (Å²) in [6, 6.07) is 9.33. The topological polar surface area (TPSA) is 119 Å². The lowest BCUT2D eigenvalue weighted by Gasteiger charge is -2.19. The van der Waals surface area contributed by atoms with Gasteiger partial charge < -0.3 is 16.0 Å². The van der Waals surface area contributed by atoms with Crippen LogP contribution in [0.4, 0.5) is 17.1 Å². The zero-order valence-electron chi connectivity index (χ0n) is 14.2. The Hall–Kier alpha value is -2.94. The first-order chi connectivity index (χ1) is 12.2. The number of carbonyl (C=O) groups is 2. The van der Waals surface area contributed by atoms with E-state index in [-0.39, 0.29) is 29.4 Å². The summed E-state index contributed by atoms with van der Waals surface area (Å²) in [6.07, 6.45) is 0. The van der Waals surface area contributed by atoms with Crippen molar-refractivity contribution in [1.82, 2.24) is 0 Å². The Morgan fingerprint density at radius 3 is 2.54 bits per heavy atom. The number of nitro benzene ring substituents is 1. The molecule has 3 N–H and O–H groups in total. The summed E-state index contributed by atoms with van der Waals surface area (Å²) in [7, 11) is 1.56. The van der Waals surface area contributed by atoms with Gasteiger partial charge in [-0.2, -0.15) is 0 Å². The molecule has 2 amide bonds. The summed E-state index contributed by atoms with van der Waals surface area (Å²) >= 11 is 3.35. The van der Waals surface area contributed by atoms with Gasteiger partial charge in [0.25, 0.3) is 5.69 Å². The Morgan fingerprint density at radius 2 is 1.96 bits per heavy atom. The molecule has 136 valence electrons. The molecule has 2 rings (SSSR count). The number of aryl methyl sites for hydroxylation is 1. The van der Waals surface area contributed by atoms with Crippen LogP contribution >= 0.6 is 15.9 Å². The van der Waals surface area contributed by atoms with Gasteiger partial charge in [-0.3, -0.25) is 19.7 Å². The molecule has 0 aliphatic heterocycles. The fraction of sp³-hybridized carbons (Fsp3) is 0.176. The second-order valence-electron chi connectivity index (χ2n) is 5.69. The van der Waals surface area contributed by atoms with Crippen molar-refractivity contribution in [1.29, 1.82) is 0 Å². The first kappa shape index (κ1) is 19.4. The molecule has 0 heterocycles. The van der Waals surface area contributed by atoms with Crippen molar-refractivity contribution in [3.63, 3.8) is 0 Å². The fourth-order valence-corrected chi connectivity index (χ4v) is 2.88. The minimum absolute atomic E-state index is 0.0313. The Balaban J connectivity index is 2.18. The highest BCUT2D eigenvalue weighted by Crippen LogP contribution is 2.28. The number of nitrogens with zero attached hydrogens (tertiary/aromatic N) is 2. The minimum atomic E-state index is -0.759. The standard InChI is InChI=1S/C17H17BrN4O4/c1-10-7-12(18)4-5-13(10)20-16(23)9-21(2)14-6-3-11(17(19)24)8-15(14)22(25)26/h3-8H,9H2,1-2H3,(H2,19,24)(H,20,23). The lowest BCUT2D eigenvalue weighted by atomic mass is 10.1. The van der Waals surface area contributed by atoms with Crippen molar-refractivity contribution in [2.24, 2.45) is 5.73 Å². The van der Waals surface area contributed by atoms with E-state index in [2.05, 4.69) is 21.2 Å². The summed E-state index contributed by atoms with van der Waals surface area (Å²) in [5.41, 5.74) is 6.64. The van der Waals surface area contributed by atoms with E-state index >= 15 is 0 Å². The molecule has 0 spiro atoms. The predicted molar refractivity (Wildman–Crippen MR) is 102 cm³/mol. The number of nitrogens with one attached hydrogen (secondary N) is 1. The first-order valence-electron chi connectivity index (χ1n) is 7.54. The minimum Gasteiger partial charge on any atom is -0.366 e. The average molecular weight is 421 g/mol. The molecule has 0 aliphatic carbocycles. The smallest absolute Gasteiger partial charge is 0.293 e. The van der Waals surface area contributed by atoms with Crippen LogP contribution in [0.3, 0.4) is 0 Å². The summed E-state index contributed by atoms with van der Waals surface area (Å²) in [5, 5.41) is 14.0. The van der Waals surface area contributed by atoms with Gasteiger partial charge in [0.15, 0.2) is 0 Å². The number of nitro groups is 1. The maximum Gasteiger partial charge on any atom is 0.293 e. The molecular weight excluding hydrogens is 404 g/mol. The number of carbonyl (C=O) groups excluding carboxylic acids is 2. The molecular formula is C17H17BrN4O4. The van der Waals surface area contributed by atoms with Crippen LogP contribution in [0.2, 0.25) is 0 Å². The fourth-order valence-electron chi connectivity index (χ4n) is 2.40. The zero-order chi connectivity index (χ0) is 19.4. The number of hydrogen-bond donors (Lipinski definition) is 2. The molecule has 0 saturated heterocycles. The number of likely N-dealkylation sites (N-methyl/N-ethyl adjacent to an activating group) is 1. The van der Waals surface area contributed by atoms with E-state index in [0.717, 1.165) is 16.1 Å². The number of benzene rings is 2. The molecule has 0 radical (unpaired) electrons. The summed E-state index contributed by atoms with van der Waals surface area (Å²) < 4.78 is 0.898. The van der Waals surface area contributed by atoms with Gasteiger partial charge in [0.05, 0.1) is 11.5 Å². The van der Waals surface area contributed by atoms with Crippen molar-refractivity contribution < 1.29 is 14.5 Å². The average Bonchev–Trinajstić information content (AvgIpc) is 2.56. The van der Waals surface area contributed by atoms with Crippen LogP contribution in [0, 0.1) is 17.0 Å². The van der Waals surface area contributed by atoms with Gasteiger partial charge in [-0.25, -0.2) is 0 Å². The molecule has 2 aromatic rings. The third kappa shape index (κ3) is 4.57. The number of anilines is 2. The third-order valence-corrected chi connectivity index (χ3v) is 4.20. The molecule has 26 heavy (non-hydrogen) atoms. The van der Waals surface area contributed by atoms with E-state index in [9.17, 15) is 19.7 Å². The van der Waals surface area contributed by atoms with Crippen LogP contribution in [-0.4, -0.2) is 30.3 Å². The van der Waals surface area contributed by atoms with E-state index in [1.54, 1.807) is 19.2 Å². The number of rotatable bonds is 6. The summed E-state index contributed by atoms with van der Waals surface area (Å²) in [6.45, 7) is 1.75. The van der Waals surface area contributed by atoms with Gasteiger partial charge in [-0.15, -0.1) is 0 Å². The van der Waals surface area contributed by atoms with Crippen LogP contribution in [0.15, 0.2) is 40.9 Å². The van der Waals surface area contributed by atoms with Crippen molar-refractivity contribution in [3.05, 3.63) is 62.1 Å². The highest BCUT2D eigenvalue weighted by Gasteiger charge is 2.21. The Labute approximate surface area is 158 Å². The van der Waals surface area contributed by atoms with Crippen LogP contribution in [0.5, 0.6) is 0 Å². The van der Waals surface area contributed by atoms with Crippen molar-refractivity contribution in [2.45, 2.75) is 6.92 Å². The molecule has 9 heteroatoms. The quantitative estimate of drug-likeness (QED) is 0.549. The lowest BCUT2D eigenvalue weighted by Crippen LogP contribution is -2.30. The summed E-state index contributed by atoms with van der Waals surface area (Å²) in [5.74, 6) is -1.09. The molecule has 0 aliphatic rings. The molecule has 2 aromatic carbocycles. The molecule has 0 fully saturated rings. The van der Waals surface area contributed by atoms with E-state index in [1.165, 1.54) is 17.0 Å². The van der Waals surface area contributed by atoms with Crippen LogP contribution < -0.4 is 16.0 Å². The highest BCUT2D eigenvalue weighted by atomic mass is 79.9. The van der Waals surface area contributed by atoms with E-state index in [0.29, 0.717) is 5.69 Å². The highest BCUT2D eigenvalue weighted by molar-refractivity contribution is 9.10. The normalized spacial score (nSPS) is 10.3. The maximum absolute atomic E-state index is 12.3. The molecule has 0 saturated carbocycles. The SMILES string of the molecule is Cc1cc(Br)ccc1NC(=O)CN(C)c1ccc(C(N)=O)cc1[N+](=O)[O-]. The van der Waals surface area contributed by atoms with Crippen molar-refractivity contribution in [3.8, 4) is 0 Å². The van der Waals surface area contributed by atoms with Gasteiger partial charge in [0.1, 0.15) is 5.69 Å². The second-order valence-corrected chi connectivity index (χ2v) is 6.60. The van der Waals surface area contributed by atoms with Gasteiger partial charge in [0, 0.05) is 28.8 Å². The third-order valence-electron chi connectivity index (χ3n) is 3.71.